The lowest BCUT2D eigenvalue weighted by atomic mass is 9.84. The Morgan fingerprint density at radius 1 is 0.622 bits per heavy atom. The number of hydrogen-bond donors (Lipinski definition) is 0. The van der Waals surface area contributed by atoms with E-state index < -0.39 is 11.7 Å². The van der Waals surface area contributed by atoms with Gasteiger partial charge in [-0.05, 0) is 99.2 Å². The highest BCUT2D eigenvalue weighted by atomic mass is 19.4. The molecule has 0 radical (unpaired) electrons. The molecule has 0 fully saturated rings. The lowest BCUT2D eigenvalue weighted by molar-refractivity contribution is -0.138. The molecule has 4 nitrogen and oxygen atoms in total. The summed E-state index contributed by atoms with van der Waals surface area (Å²) in [4.78, 5) is 7.18. The van der Waals surface area contributed by atoms with Gasteiger partial charge in [-0.25, -0.2) is 20.2 Å². The molecule has 0 atom stereocenters. The second-order valence-electron chi connectivity index (χ2n) is 10.9. The molecule has 0 spiro atoms. The Kier molecular flexibility index (Phi) is 6.78. The van der Waals surface area contributed by atoms with Crippen molar-refractivity contribution in [2.45, 2.75) is 26.9 Å². The molecule has 0 N–H and O–H groups in total. The van der Waals surface area contributed by atoms with Crippen LogP contribution in [0, 0.1) is 56.6 Å². The maximum Gasteiger partial charge on any atom is 0.416 e. The Bertz CT molecular complexity index is 2240. The van der Waals surface area contributed by atoms with Gasteiger partial charge in [-0.2, -0.15) is 13.2 Å². The van der Waals surface area contributed by atoms with Gasteiger partial charge >= 0.3 is 6.18 Å². The molecule has 6 rings (SSSR count). The number of halogens is 3. The van der Waals surface area contributed by atoms with Crippen LogP contribution >= 0.6 is 0 Å². The molecule has 2 aliphatic rings. The number of nitrogens with zero attached hydrogens (tertiary/aromatic N) is 4. The first kappa shape index (κ1) is 28.9. The quantitative estimate of drug-likeness (QED) is 0.172. The highest BCUT2D eigenvalue weighted by Crippen LogP contribution is 2.62. The molecule has 4 aromatic carbocycles. The predicted octanol–water partition coefficient (Wildman–Crippen LogP) is 10.2. The zero-order chi connectivity index (χ0) is 32.2. The van der Waals surface area contributed by atoms with Crippen molar-refractivity contribution in [3.63, 3.8) is 0 Å². The van der Waals surface area contributed by atoms with Crippen molar-refractivity contribution in [3.05, 3.63) is 152 Å². The minimum Gasteiger partial charge on any atom is -0.226 e. The number of hydrogen-bond acceptors (Lipinski definition) is 2. The van der Waals surface area contributed by atoms with Crippen LogP contribution in [0.15, 0.2) is 84.2 Å². The largest absolute Gasteiger partial charge is 0.416 e. The zero-order valence-corrected chi connectivity index (χ0v) is 24.4. The normalized spacial score (nSPS) is 15.2. The highest BCUT2D eigenvalue weighted by Gasteiger charge is 2.42. The van der Waals surface area contributed by atoms with Crippen LogP contribution in [-0.4, -0.2) is 0 Å². The van der Waals surface area contributed by atoms with E-state index in [0.717, 1.165) is 28.3 Å². The Labute approximate surface area is 258 Å². The molecule has 0 saturated heterocycles. The van der Waals surface area contributed by atoms with Crippen LogP contribution in [0.1, 0.15) is 44.5 Å². The van der Waals surface area contributed by atoms with Crippen LogP contribution in [0.4, 0.5) is 13.2 Å². The van der Waals surface area contributed by atoms with Crippen LogP contribution in [0.2, 0.25) is 0 Å². The van der Waals surface area contributed by atoms with E-state index in [1.54, 1.807) is 18.2 Å². The summed E-state index contributed by atoms with van der Waals surface area (Å²) in [7, 11) is 0. The number of aryl methyl sites for hydroxylation is 3. The zero-order valence-electron chi connectivity index (χ0n) is 24.4. The van der Waals surface area contributed by atoms with Crippen LogP contribution in [0.25, 0.3) is 54.2 Å². The lowest BCUT2D eigenvalue weighted by Crippen LogP contribution is -2.07. The van der Waals surface area contributed by atoms with Crippen molar-refractivity contribution >= 4 is 22.3 Å². The maximum absolute atomic E-state index is 13.6. The number of alkyl halides is 3. The summed E-state index contributed by atoms with van der Waals surface area (Å²) in [5.74, 6) is 0. The van der Waals surface area contributed by atoms with E-state index in [2.05, 4.69) is 15.8 Å². The number of nitriles is 2. The third-order valence-corrected chi connectivity index (χ3v) is 8.49. The Hall–Kier alpha value is -6.15. The summed E-state index contributed by atoms with van der Waals surface area (Å²) < 4.78 is 40.8. The number of allylic oxidation sites excluding steroid dienone is 6. The molecule has 214 valence electrons. The number of fused-ring (bicyclic) bond motifs is 4. The average molecular weight is 591 g/mol. The minimum absolute atomic E-state index is 0.0380. The van der Waals surface area contributed by atoms with E-state index in [0.29, 0.717) is 55.7 Å². The van der Waals surface area contributed by atoms with Crippen molar-refractivity contribution in [3.8, 4) is 34.4 Å². The summed E-state index contributed by atoms with van der Waals surface area (Å²) in [6.45, 7) is 21.3. The molecule has 0 amide bonds. The Morgan fingerprint density at radius 2 is 1.07 bits per heavy atom. The molecule has 4 aromatic rings. The van der Waals surface area contributed by atoms with E-state index in [1.807, 2.05) is 56.3 Å². The monoisotopic (exact) mass is 590 g/mol. The van der Waals surface area contributed by atoms with Gasteiger partial charge in [-0.1, -0.05) is 66.7 Å². The van der Waals surface area contributed by atoms with Crippen LogP contribution in [-0.2, 0) is 6.18 Å². The van der Waals surface area contributed by atoms with Gasteiger partial charge in [0.2, 0.25) is 0 Å². The molecule has 45 heavy (non-hydrogen) atoms. The second-order valence-corrected chi connectivity index (χ2v) is 10.9. The van der Waals surface area contributed by atoms with E-state index in [-0.39, 0.29) is 17.0 Å². The first-order valence-electron chi connectivity index (χ1n) is 13.9. The molecular weight excluding hydrogens is 569 g/mol. The van der Waals surface area contributed by atoms with Gasteiger partial charge < -0.3 is 0 Å². The lowest BCUT2D eigenvalue weighted by Gasteiger charge is -2.19. The van der Waals surface area contributed by atoms with Crippen LogP contribution in [0.5, 0.6) is 0 Å². The summed E-state index contributed by atoms with van der Waals surface area (Å²) in [6, 6.07) is 25.0. The standard InChI is InChI=1S/C38H21F3N4/c1-20-12-13-23(16-21(20)2)25-8-6-10-27-32(25)36(30(18-42)44-4)35-28-11-7-9-26(33(28)37(34(27)35)31(19-43)45-5)24-14-15-29(22(3)17-24)38(39,40)41/h6-17H,1-3H3/b36-30+,37-31-. The van der Waals surface area contributed by atoms with Gasteiger partial charge in [0, 0.05) is 11.1 Å². The molecule has 0 heterocycles. The molecule has 2 aliphatic carbocycles. The van der Waals surface area contributed by atoms with Crippen molar-refractivity contribution in [1.82, 2.24) is 0 Å². The van der Waals surface area contributed by atoms with Gasteiger partial charge in [-0.3, -0.25) is 0 Å². The Balaban J connectivity index is 1.71. The molecule has 0 aliphatic heterocycles. The van der Waals surface area contributed by atoms with Gasteiger partial charge in [0.05, 0.1) is 30.8 Å². The van der Waals surface area contributed by atoms with E-state index in [1.165, 1.54) is 19.1 Å². The van der Waals surface area contributed by atoms with Crippen molar-refractivity contribution in [2.75, 3.05) is 0 Å². The van der Waals surface area contributed by atoms with Crippen LogP contribution in [0.3, 0.4) is 0 Å². The van der Waals surface area contributed by atoms with Gasteiger partial charge in [0.15, 0.2) is 0 Å². The summed E-state index contributed by atoms with van der Waals surface area (Å²) in [5.41, 5.74) is 8.16. The van der Waals surface area contributed by atoms with E-state index in [4.69, 9.17) is 13.1 Å². The summed E-state index contributed by atoms with van der Waals surface area (Å²) >= 11 is 0. The van der Waals surface area contributed by atoms with Gasteiger partial charge in [0.25, 0.3) is 11.4 Å². The fourth-order valence-corrected chi connectivity index (χ4v) is 6.39. The molecule has 0 aromatic heterocycles. The third-order valence-electron chi connectivity index (χ3n) is 8.49. The van der Waals surface area contributed by atoms with Crippen molar-refractivity contribution < 1.29 is 13.2 Å². The third kappa shape index (κ3) is 4.34. The molecular formula is C38H21F3N4. The molecule has 0 bridgehead atoms. The fraction of sp³-hybridized carbons (Fsp3) is 0.105. The molecule has 0 unspecified atom stereocenters. The molecule has 0 saturated carbocycles. The van der Waals surface area contributed by atoms with Crippen molar-refractivity contribution in [1.29, 1.82) is 10.5 Å². The summed E-state index contributed by atoms with van der Waals surface area (Å²) in [5, 5.41) is 20.4. The van der Waals surface area contributed by atoms with Gasteiger partial charge in [-0.15, -0.1) is 0 Å². The SMILES string of the molecule is [C-]#[N+]/C(C#N)=C1C2=C(/C(=C(\C#N)[N+]#[C-])c3c2cccc3-c2ccc(C)c(C)c2)c2cccc(-c3ccc(C(F)(F)F)c(C)c3)c2\1. The minimum atomic E-state index is -4.52. The highest BCUT2D eigenvalue weighted by molar-refractivity contribution is 6.39. The number of rotatable bonds is 2. The van der Waals surface area contributed by atoms with E-state index >= 15 is 0 Å². The topological polar surface area (TPSA) is 56.3 Å². The van der Waals surface area contributed by atoms with Crippen LogP contribution < -0.4 is 0 Å². The predicted molar refractivity (Wildman–Crippen MR) is 168 cm³/mol. The fourth-order valence-electron chi connectivity index (χ4n) is 6.39. The second kappa shape index (κ2) is 10.5. The van der Waals surface area contributed by atoms with Crippen molar-refractivity contribution in [2.24, 2.45) is 0 Å². The van der Waals surface area contributed by atoms with Gasteiger partial charge in [0.1, 0.15) is 0 Å². The first-order valence-corrected chi connectivity index (χ1v) is 13.9. The summed E-state index contributed by atoms with van der Waals surface area (Å²) in [6.07, 6.45) is -4.52. The van der Waals surface area contributed by atoms with E-state index in [9.17, 15) is 23.7 Å². The number of benzene rings is 4. The average Bonchev–Trinajstić information content (AvgIpc) is 3.53. The Morgan fingerprint density at radius 3 is 1.47 bits per heavy atom. The first-order chi connectivity index (χ1) is 21.5. The molecule has 7 heteroatoms. The maximum atomic E-state index is 13.6. The smallest absolute Gasteiger partial charge is 0.226 e.